The third-order valence-corrected chi connectivity index (χ3v) is 10.3. The number of methoxy groups -OCH3 is 1. The standard InChI is InChI=1S/C46H51N3O7/c1-31(43(51)36-15-8-5-9-16-36)49(2)29-40-27-42(35-22-20-33(30-50)21-23-35)56-45(55-40)39-19-11-18-38(26-39)37-17-10-14-34(24-37)28-47-46(53)48-41(44(52)54-3)25-32-12-6-4-7-13-32/h4-24,26,31,40-43,45,50-51H,25,27-30H2,1-3H3,(H2,47,48,53)/t31-,40+,41+,42-,43-,45-/m1/s1. The van der Waals surface area contributed by atoms with E-state index >= 15 is 0 Å². The molecule has 0 radical (unpaired) electrons. The lowest BCUT2D eigenvalue weighted by atomic mass is 9.97. The molecule has 0 unspecified atom stereocenters. The first-order valence-corrected chi connectivity index (χ1v) is 19.0. The highest BCUT2D eigenvalue weighted by Gasteiger charge is 2.34. The second kappa shape index (κ2) is 19.5. The molecular weight excluding hydrogens is 707 g/mol. The van der Waals surface area contributed by atoms with E-state index in [2.05, 4.69) is 21.6 Å². The second-order valence-corrected chi connectivity index (χ2v) is 14.3. The van der Waals surface area contributed by atoms with Gasteiger partial charge in [0.15, 0.2) is 6.29 Å². The number of hydrogen-bond acceptors (Lipinski definition) is 8. The van der Waals surface area contributed by atoms with Gasteiger partial charge in [-0.2, -0.15) is 0 Å². The summed E-state index contributed by atoms with van der Waals surface area (Å²) in [4.78, 5) is 27.5. The Morgan fingerprint density at radius 3 is 2.16 bits per heavy atom. The van der Waals surface area contributed by atoms with Crippen LogP contribution in [0, 0.1) is 0 Å². The van der Waals surface area contributed by atoms with Gasteiger partial charge in [-0.05, 0) is 65.0 Å². The van der Waals surface area contributed by atoms with Crippen LogP contribution >= 0.6 is 0 Å². The van der Waals surface area contributed by atoms with Gasteiger partial charge in [0.25, 0.3) is 0 Å². The normalized spacial score (nSPS) is 18.4. The van der Waals surface area contributed by atoms with Crippen LogP contribution in [0.25, 0.3) is 11.1 Å². The maximum absolute atomic E-state index is 12.9. The monoisotopic (exact) mass is 757 g/mol. The summed E-state index contributed by atoms with van der Waals surface area (Å²) < 4.78 is 18.3. The molecule has 0 spiro atoms. The maximum atomic E-state index is 12.9. The second-order valence-electron chi connectivity index (χ2n) is 14.3. The maximum Gasteiger partial charge on any atom is 0.328 e. The Balaban J connectivity index is 1.15. The molecule has 2 amide bonds. The van der Waals surface area contributed by atoms with Crippen molar-refractivity contribution in [1.82, 2.24) is 15.5 Å². The predicted molar refractivity (Wildman–Crippen MR) is 215 cm³/mol. The number of carbonyl (C=O) groups excluding carboxylic acids is 2. The molecule has 1 aliphatic rings. The highest BCUT2D eigenvalue weighted by molar-refractivity contribution is 5.83. The zero-order chi connectivity index (χ0) is 39.4. The molecule has 0 bridgehead atoms. The molecule has 10 heteroatoms. The van der Waals surface area contributed by atoms with Crippen LogP contribution in [-0.2, 0) is 38.6 Å². The Labute approximate surface area is 329 Å². The van der Waals surface area contributed by atoms with Crippen LogP contribution in [0.1, 0.15) is 65.2 Å². The smallest absolute Gasteiger partial charge is 0.328 e. The Kier molecular flexibility index (Phi) is 14.0. The van der Waals surface area contributed by atoms with Crippen LogP contribution in [-0.4, -0.2) is 66.0 Å². The van der Waals surface area contributed by atoms with Gasteiger partial charge in [-0.1, -0.05) is 121 Å². The van der Waals surface area contributed by atoms with E-state index in [9.17, 15) is 19.8 Å². The average molecular weight is 758 g/mol. The van der Waals surface area contributed by atoms with E-state index in [1.54, 1.807) is 0 Å². The van der Waals surface area contributed by atoms with Gasteiger partial charge in [0.05, 0.1) is 32.0 Å². The van der Waals surface area contributed by atoms with Crippen molar-refractivity contribution in [2.45, 2.75) is 69.6 Å². The fourth-order valence-corrected chi connectivity index (χ4v) is 6.99. The largest absolute Gasteiger partial charge is 0.467 e. The number of aliphatic hydroxyl groups is 2. The first-order chi connectivity index (χ1) is 27.2. The number of hydrogen-bond donors (Lipinski definition) is 4. The molecule has 6 rings (SSSR count). The highest BCUT2D eigenvalue weighted by atomic mass is 16.7. The number of amides is 2. The van der Waals surface area contributed by atoms with Crippen molar-refractivity contribution >= 4 is 12.0 Å². The van der Waals surface area contributed by atoms with Gasteiger partial charge in [0.1, 0.15) is 6.04 Å². The van der Waals surface area contributed by atoms with Crippen LogP contribution < -0.4 is 10.6 Å². The molecule has 5 aromatic rings. The average Bonchev–Trinajstić information content (AvgIpc) is 3.25. The quantitative estimate of drug-likeness (QED) is 0.0839. The van der Waals surface area contributed by atoms with Crippen molar-refractivity contribution in [2.75, 3.05) is 20.7 Å². The Hall–Kier alpha value is -5.36. The van der Waals surface area contributed by atoms with Crippen molar-refractivity contribution in [3.05, 3.63) is 167 Å². The number of benzene rings is 5. The van der Waals surface area contributed by atoms with E-state index < -0.39 is 30.4 Å². The number of nitrogens with one attached hydrogen (secondary N) is 2. The molecule has 1 saturated heterocycles. The molecule has 0 aliphatic carbocycles. The minimum Gasteiger partial charge on any atom is -0.467 e. The van der Waals surface area contributed by atoms with Crippen LogP contribution in [0.2, 0.25) is 0 Å². The molecule has 6 atom stereocenters. The number of rotatable bonds is 15. The van der Waals surface area contributed by atoms with Gasteiger partial charge in [-0.25, -0.2) is 9.59 Å². The van der Waals surface area contributed by atoms with Crippen molar-refractivity contribution in [2.24, 2.45) is 0 Å². The molecule has 4 N–H and O–H groups in total. The van der Waals surface area contributed by atoms with Gasteiger partial charge in [0.2, 0.25) is 0 Å². The number of aliphatic hydroxyl groups excluding tert-OH is 2. The Bertz CT molecular complexity index is 2010. The van der Waals surface area contributed by atoms with E-state index in [1.807, 2.05) is 141 Å². The summed E-state index contributed by atoms with van der Waals surface area (Å²) in [5.41, 5.74) is 7.25. The molecule has 0 saturated carbocycles. The van der Waals surface area contributed by atoms with E-state index in [4.69, 9.17) is 14.2 Å². The summed E-state index contributed by atoms with van der Waals surface area (Å²) in [5.74, 6) is -0.516. The first-order valence-electron chi connectivity index (χ1n) is 19.0. The van der Waals surface area contributed by atoms with Crippen molar-refractivity contribution in [3.8, 4) is 11.1 Å². The van der Waals surface area contributed by atoms with Crippen molar-refractivity contribution in [3.63, 3.8) is 0 Å². The lowest BCUT2D eigenvalue weighted by molar-refractivity contribution is -0.253. The summed E-state index contributed by atoms with van der Waals surface area (Å²) in [6, 6.07) is 41.5. The molecule has 1 fully saturated rings. The number of likely N-dealkylation sites (N-methyl/N-ethyl adjacent to an activating group) is 1. The number of nitrogens with zero attached hydrogens (tertiary/aromatic N) is 1. The Morgan fingerprint density at radius 1 is 0.804 bits per heavy atom. The third kappa shape index (κ3) is 10.7. The zero-order valence-electron chi connectivity index (χ0n) is 32.1. The van der Waals surface area contributed by atoms with Crippen LogP contribution in [0.3, 0.4) is 0 Å². The minimum atomic E-state index is -0.829. The molecule has 0 aromatic heterocycles. The molecular formula is C46H51N3O7. The summed E-state index contributed by atoms with van der Waals surface area (Å²) in [5, 5.41) is 26.4. The van der Waals surface area contributed by atoms with Crippen LogP contribution in [0.4, 0.5) is 4.79 Å². The Morgan fingerprint density at radius 2 is 1.46 bits per heavy atom. The highest BCUT2D eigenvalue weighted by Crippen LogP contribution is 2.39. The number of ether oxygens (including phenoxy) is 3. The molecule has 56 heavy (non-hydrogen) atoms. The number of urea groups is 1. The van der Waals surface area contributed by atoms with E-state index in [1.165, 1.54) is 7.11 Å². The molecule has 292 valence electrons. The van der Waals surface area contributed by atoms with Crippen molar-refractivity contribution in [1.29, 1.82) is 0 Å². The van der Waals surface area contributed by atoms with E-state index in [0.29, 0.717) is 19.4 Å². The van der Waals surface area contributed by atoms with Crippen LogP contribution in [0.15, 0.2) is 133 Å². The molecule has 1 aliphatic heterocycles. The topological polar surface area (TPSA) is 130 Å². The van der Waals surface area contributed by atoms with E-state index in [0.717, 1.165) is 44.5 Å². The van der Waals surface area contributed by atoms with Gasteiger partial charge in [0, 0.05) is 37.5 Å². The van der Waals surface area contributed by atoms with Gasteiger partial charge >= 0.3 is 12.0 Å². The fourth-order valence-electron chi connectivity index (χ4n) is 6.99. The number of esters is 1. The summed E-state index contributed by atoms with van der Waals surface area (Å²) >= 11 is 0. The van der Waals surface area contributed by atoms with Gasteiger partial charge < -0.3 is 35.1 Å². The minimum absolute atomic E-state index is 0.0333. The lowest BCUT2D eigenvalue weighted by Gasteiger charge is -2.39. The van der Waals surface area contributed by atoms with Gasteiger partial charge in [-0.15, -0.1) is 0 Å². The third-order valence-electron chi connectivity index (χ3n) is 10.3. The first kappa shape index (κ1) is 40.3. The van der Waals surface area contributed by atoms with Crippen molar-refractivity contribution < 1.29 is 34.0 Å². The number of carbonyl (C=O) groups is 2. The van der Waals surface area contributed by atoms with Gasteiger partial charge in [-0.3, -0.25) is 4.90 Å². The molecule has 5 aromatic carbocycles. The lowest BCUT2D eigenvalue weighted by Crippen LogP contribution is -2.47. The SMILES string of the molecule is COC(=O)[C@H](Cc1ccccc1)NC(=O)NCc1cccc(-c2cccc([C@@H]3O[C@H](CN(C)[C@H](C)[C@@H](O)c4ccccc4)C[C@H](c4ccc(CO)cc4)O3)c2)c1. The zero-order valence-corrected chi connectivity index (χ0v) is 32.1. The molecule has 1 heterocycles. The predicted octanol–water partition coefficient (Wildman–Crippen LogP) is 7.03. The van der Waals surface area contributed by atoms with Crippen LogP contribution in [0.5, 0.6) is 0 Å². The van der Waals surface area contributed by atoms with E-state index in [-0.39, 0.29) is 31.4 Å². The molecule has 10 nitrogen and oxygen atoms in total. The summed E-state index contributed by atoms with van der Waals surface area (Å²) in [7, 11) is 3.31. The fraction of sp³-hybridized carbons (Fsp3) is 0.304. The summed E-state index contributed by atoms with van der Waals surface area (Å²) in [6.45, 7) is 2.81. The summed E-state index contributed by atoms with van der Waals surface area (Å²) in [6.07, 6.45) is -0.862.